The van der Waals surface area contributed by atoms with Crippen LogP contribution in [0.3, 0.4) is 0 Å². The molecule has 2 aliphatic carbocycles. The molecule has 0 aromatic rings. The van der Waals surface area contributed by atoms with Crippen molar-refractivity contribution in [2.75, 3.05) is 6.61 Å². The highest BCUT2D eigenvalue weighted by Gasteiger charge is 2.42. The van der Waals surface area contributed by atoms with Gasteiger partial charge in [-0.1, -0.05) is 20.8 Å². The molecule has 4 atom stereocenters. The first-order chi connectivity index (χ1) is 7.52. The van der Waals surface area contributed by atoms with Crippen molar-refractivity contribution in [1.82, 2.24) is 0 Å². The Labute approximate surface area is 101 Å². The molecular formula is C15H27O. The van der Waals surface area contributed by atoms with Crippen LogP contribution in [0.2, 0.25) is 0 Å². The van der Waals surface area contributed by atoms with Gasteiger partial charge < -0.3 is 4.74 Å². The molecule has 0 aromatic heterocycles. The Bertz CT molecular complexity index is 234. The second-order valence-electron chi connectivity index (χ2n) is 6.55. The summed E-state index contributed by atoms with van der Waals surface area (Å²) in [6.07, 6.45) is 8.46. The number of hydrogen-bond donors (Lipinski definition) is 0. The van der Waals surface area contributed by atoms with Crippen LogP contribution in [0.1, 0.15) is 53.4 Å². The Morgan fingerprint density at radius 2 is 2.06 bits per heavy atom. The van der Waals surface area contributed by atoms with Gasteiger partial charge in [-0.15, -0.1) is 0 Å². The summed E-state index contributed by atoms with van der Waals surface area (Å²) in [5, 5.41) is 0. The van der Waals surface area contributed by atoms with Gasteiger partial charge in [0.1, 0.15) is 0 Å². The summed E-state index contributed by atoms with van der Waals surface area (Å²) in [5.74, 6) is 2.61. The first-order valence-corrected chi connectivity index (χ1v) is 6.99. The molecular weight excluding hydrogens is 196 g/mol. The fraction of sp³-hybridized carbons (Fsp3) is 0.933. The standard InChI is InChI=1S/C15H27O/c1-5-16-13-7-6-12-10-15(3,4)9-11(2)14(12)8-13/h10-14H,5-9H2,1-4H3. The Balaban J connectivity index is 1.98. The molecule has 2 fully saturated rings. The summed E-state index contributed by atoms with van der Waals surface area (Å²) in [6.45, 7) is 10.2. The fourth-order valence-electron chi connectivity index (χ4n) is 4.07. The summed E-state index contributed by atoms with van der Waals surface area (Å²) in [7, 11) is 0. The van der Waals surface area contributed by atoms with Gasteiger partial charge in [0.15, 0.2) is 0 Å². The lowest BCUT2D eigenvalue weighted by Crippen LogP contribution is -2.41. The normalized spacial score (nSPS) is 42.8. The number of rotatable bonds is 2. The summed E-state index contributed by atoms with van der Waals surface area (Å²) >= 11 is 0. The third kappa shape index (κ3) is 2.61. The van der Waals surface area contributed by atoms with Crippen molar-refractivity contribution >= 4 is 0 Å². The zero-order valence-electron chi connectivity index (χ0n) is 11.3. The molecule has 0 bridgehead atoms. The highest BCUT2D eigenvalue weighted by Crippen LogP contribution is 2.50. The molecule has 2 aliphatic rings. The van der Waals surface area contributed by atoms with Crippen LogP contribution < -0.4 is 0 Å². The maximum Gasteiger partial charge on any atom is 0.0578 e. The van der Waals surface area contributed by atoms with Crippen molar-refractivity contribution in [2.45, 2.75) is 59.5 Å². The molecule has 0 aliphatic heterocycles. The summed E-state index contributed by atoms with van der Waals surface area (Å²) in [6, 6.07) is 0. The average molecular weight is 223 g/mol. The maximum atomic E-state index is 5.82. The smallest absolute Gasteiger partial charge is 0.0578 e. The lowest BCUT2D eigenvalue weighted by Gasteiger charge is -2.48. The molecule has 2 rings (SSSR count). The topological polar surface area (TPSA) is 9.23 Å². The van der Waals surface area contributed by atoms with Gasteiger partial charge in [0.05, 0.1) is 6.10 Å². The van der Waals surface area contributed by atoms with E-state index in [2.05, 4.69) is 34.1 Å². The third-order valence-electron chi connectivity index (χ3n) is 4.55. The molecule has 0 heterocycles. The van der Waals surface area contributed by atoms with Crippen molar-refractivity contribution < 1.29 is 4.74 Å². The maximum absolute atomic E-state index is 5.82. The van der Waals surface area contributed by atoms with Crippen LogP contribution in [0.4, 0.5) is 0 Å². The minimum absolute atomic E-state index is 0.457. The third-order valence-corrected chi connectivity index (χ3v) is 4.55. The average Bonchev–Trinajstić information content (AvgIpc) is 2.18. The molecule has 1 radical (unpaired) electrons. The quantitative estimate of drug-likeness (QED) is 0.685. The summed E-state index contributed by atoms with van der Waals surface area (Å²) < 4.78 is 5.82. The van der Waals surface area contributed by atoms with Crippen LogP contribution in [0.25, 0.3) is 0 Å². The molecule has 0 amide bonds. The zero-order valence-corrected chi connectivity index (χ0v) is 11.3. The van der Waals surface area contributed by atoms with E-state index in [0.717, 1.165) is 24.4 Å². The van der Waals surface area contributed by atoms with Crippen molar-refractivity contribution in [3.8, 4) is 0 Å². The molecule has 0 aromatic carbocycles. The molecule has 1 heteroatoms. The SMILES string of the molecule is CCOC1CCC2[CH]C(C)(C)CC(C)C2C1. The van der Waals surface area contributed by atoms with Gasteiger partial charge in [-0.2, -0.15) is 0 Å². The van der Waals surface area contributed by atoms with E-state index < -0.39 is 0 Å². The Morgan fingerprint density at radius 3 is 2.75 bits per heavy atom. The van der Waals surface area contributed by atoms with Crippen LogP contribution in [0, 0.1) is 29.6 Å². The molecule has 0 spiro atoms. The fourth-order valence-corrected chi connectivity index (χ4v) is 4.07. The van der Waals surface area contributed by atoms with E-state index in [0.29, 0.717) is 11.5 Å². The van der Waals surface area contributed by atoms with E-state index >= 15 is 0 Å². The van der Waals surface area contributed by atoms with E-state index in [4.69, 9.17) is 4.74 Å². The predicted octanol–water partition coefficient (Wildman–Crippen LogP) is 4.08. The predicted molar refractivity (Wildman–Crippen MR) is 68.1 cm³/mol. The monoisotopic (exact) mass is 223 g/mol. The van der Waals surface area contributed by atoms with E-state index in [1.807, 2.05) is 0 Å². The van der Waals surface area contributed by atoms with Crippen LogP contribution in [-0.4, -0.2) is 12.7 Å². The highest BCUT2D eigenvalue weighted by molar-refractivity contribution is 5.02. The molecule has 1 nitrogen and oxygen atoms in total. The van der Waals surface area contributed by atoms with Gasteiger partial charge in [-0.05, 0) is 62.2 Å². The highest BCUT2D eigenvalue weighted by atomic mass is 16.5. The van der Waals surface area contributed by atoms with Crippen molar-refractivity contribution in [1.29, 1.82) is 0 Å². The first-order valence-electron chi connectivity index (χ1n) is 6.99. The number of hydrogen-bond acceptors (Lipinski definition) is 1. The molecule has 4 unspecified atom stereocenters. The lowest BCUT2D eigenvalue weighted by atomic mass is 9.58. The molecule has 2 saturated carbocycles. The Kier molecular flexibility index (Phi) is 3.63. The second kappa shape index (κ2) is 4.68. The zero-order chi connectivity index (χ0) is 11.8. The number of ether oxygens (including phenoxy) is 1. The van der Waals surface area contributed by atoms with E-state index in [1.54, 1.807) is 0 Å². The first kappa shape index (κ1) is 12.4. The largest absolute Gasteiger partial charge is 0.378 e. The van der Waals surface area contributed by atoms with E-state index in [1.165, 1.54) is 25.7 Å². The van der Waals surface area contributed by atoms with Crippen molar-refractivity contribution in [3.63, 3.8) is 0 Å². The summed E-state index contributed by atoms with van der Waals surface area (Å²) in [4.78, 5) is 0. The van der Waals surface area contributed by atoms with E-state index in [-0.39, 0.29) is 0 Å². The van der Waals surface area contributed by atoms with Crippen LogP contribution in [0.15, 0.2) is 0 Å². The summed E-state index contributed by atoms with van der Waals surface area (Å²) in [5.41, 5.74) is 0.457. The molecule has 0 N–H and O–H groups in total. The second-order valence-corrected chi connectivity index (χ2v) is 6.55. The van der Waals surface area contributed by atoms with Crippen molar-refractivity contribution in [3.05, 3.63) is 6.42 Å². The number of fused-ring (bicyclic) bond motifs is 1. The molecule has 0 saturated heterocycles. The van der Waals surface area contributed by atoms with Gasteiger partial charge in [-0.25, -0.2) is 0 Å². The van der Waals surface area contributed by atoms with Gasteiger partial charge in [0, 0.05) is 6.61 Å². The van der Waals surface area contributed by atoms with Gasteiger partial charge in [0.2, 0.25) is 0 Å². The lowest BCUT2D eigenvalue weighted by molar-refractivity contribution is -0.0236. The Morgan fingerprint density at radius 1 is 1.31 bits per heavy atom. The Hall–Kier alpha value is -0.0400. The van der Waals surface area contributed by atoms with Crippen LogP contribution in [-0.2, 0) is 4.74 Å². The van der Waals surface area contributed by atoms with Gasteiger partial charge in [-0.3, -0.25) is 0 Å². The molecule has 16 heavy (non-hydrogen) atoms. The van der Waals surface area contributed by atoms with E-state index in [9.17, 15) is 0 Å². The molecule has 93 valence electrons. The van der Waals surface area contributed by atoms with Gasteiger partial charge in [0.25, 0.3) is 0 Å². The van der Waals surface area contributed by atoms with Crippen molar-refractivity contribution in [2.24, 2.45) is 23.2 Å². The van der Waals surface area contributed by atoms with Crippen LogP contribution in [0.5, 0.6) is 0 Å². The minimum atomic E-state index is 0.457. The van der Waals surface area contributed by atoms with Crippen LogP contribution >= 0.6 is 0 Å². The minimum Gasteiger partial charge on any atom is -0.378 e. The van der Waals surface area contributed by atoms with Gasteiger partial charge >= 0.3 is 0 Å².